The van der Waals surface area contributed by atoms with Crippen molar-refractivity contribution in [2.45, 2.75) is 38.9 Å². The summed E-state index contributed by atoms with van der Waals surface area (Å²) in [6.07, 6.45) is 8.21. The van der Waals surface area contributed by atoms with Gasteiger partial charge in [0.15, 0.2) is 0 Å². The Kier molecular flexibility index (Phi) is 4.71. The van der Waals surface area contributed by atoms with Crippen molar-refractivity contribution in [3.63, 3.8) is 0 Å². The minimum Gasteiger partial charge on any atom is -0.351 e. The normalized spacial score (nSPS) is 18.3. The lowest BCUT2D eigenvalue weighted by Gasteiger charge is -2.24. The Bertz CT molecular complexity index is 681. The van der Waals surface area contributed by atoms with E-state index in [4.69, 9.17) is 0 Å². The monoisotopic (exact) mass is 313 g/mol. The predicted octanol–water partition coefficient (Wildman–Crippen LogP) is 1.79. The quantitative estimate of drug-likeness (QED) is 0.914. The first-order chi connectivity index (χ1) is 11.1. The fourth-order valence-electron chi connectivity index (χ4n) is 3.20. The second-order valence-electron chi connectivity index (χ2n) is 6.14. The molecular weight excluding hydrogens is 290 g/mol. The highest BCUT2D eigenvalue weighted by molar-refractivity contribution is 5.72. The van der Waals surface area contributed by atoms with Crippen LogP contribution in [0.3, 0.4) is 0 Å². The molecule has 0 spiro atoms. The first-order valence-electron chi connectivity index (χ1n) is 8.02. The third kappa shape index (κ3) is 3.96. The molecule has 23 heavy (non-hydrogen) atoms. The molecule has 1 aliphatic rings. The predicted molar refractivity (Wildman–Crippen MR) is 87.4 cm³/mol. The van der Waals surface area contributed by atoms with Gasteiger partial charge in [-0.1, -0.05) is 0 Å². The number of aromatic nitrogens is 3. The fourth-order valence-corrected chi connectivity index (χ4v) is 3.20. The Morgan fingerprint density at radius 1 is 1.48 bits per heavy atom. The number of hydrogen-bond acceptors (Lipinski definition) is 4. The first-order valence-corrected chi connectivity index (χ1v) is 8.02. The smallest absolute Gasteiger partial charge is 0.217 e. The van der Waals surface area contributed by atoms with Crippen LogP contribution in [0.4, 0.5) is 0 Å². The van der Waals surface area contributed by atoms with Crippen LogP contribution in [0.15, 0.2) is 30.7 Å². The average Bonchev–Trinajstić information content (AvgIpc) is 3.15. The van der Waals surface area contributed by atoms with Crippen LogP contribution < -0.4 is 5.32 Å². The third-order valence-corrected chi connectivity index (χ3v) is 4.25. The minimum atomic E-state index is -0.0312. The summed E-state index contributed by atoms with van der Waals surface area (Å²) in [7, 11) is 1.95. The van der Waals surface area contributed by atoms with Crippen LogP contribution in [0.5, 0.6) is 0 Å². The zero-order valence-electron chi connectivity index (χ0n) is 13.7. The van der Waals surface area contributed by atoms with Crippen LogP contribution in [0.1, 0.15) is 42.6 Å². The lowest BCUT2D eigenvalue weighted by atomic mass is 10.0. The van der Waals surface area contributed by atoms with Crippen molar-refractivity contribution in [2.24, 2.45) is 7.05 Å². The molecule has 2 aromatic heterocycles. The van der Waals surface area contributed by atoms with Crippen LogP contribution in [0.25, 0.3) is 0 Å². The summed E-state index contributed by atoms with van der Waals surface area (Å²) in [5.74, 6) is -0.0312. The Morgan fingerprint density at radius 3 is 3.09 bits per heavy atom. The fraction of sp³-hybridized carbons (Fsp3) is 0.471. The molecule has 0 saturated carbocycles. The van der Waals surface area contributed by atoms with Crippen molar-refractivity contribution in [1.82, 2.24) is 25.0 Å². The van der Waals surface area contributed by atoms with Gasteiger partial charge in [-0.15, -0.1) is 0 Å². The molecule has 6 nitrogen and oxygen atoms in total. The van der Waals surface area contributed by atoms with Gasteiger partial charge < -0.3 is 5.32 Å². The summed E-state index contributed by atoms with van der Waals surface area (Å²) in [4.78, 5) is 17.9. The number of carbonyl (C=O) groups is 1. The van der Waals surface area contributed by atoms with E-state index in [1.165, 1.54) is 24.5 Å². The van der Waals surface area contributed by atoms with Gasteiger partial charge in [-0.3, -0.25) is 19.4 Å². The van der Waals surface area contributed by atoms with Crippen molar-refractivity contribution in [3.05, 3.63) is 47.5 Å². The van der Waals surface area contributed by atoms with Crippen LogP contribution in [0.2, 0.25) is 0 Å². The lowest BCUT2D eigenvalue weighted by Crippen LogP contribution is -2.23. The zero-order chi connectivity index (χ0) is 16.2. The highest BCUT2D eigenvalue weighted by Crippen LogP contribution is 2.33. The number of amides is 1. The van der Waals surface area contributed by atoms with Gasteiger partial charge in [0, 0.05) is 44.5 Å². The van der Waals surface area contributed by atoms with Gasteiger partial charge in [0.2, 0.25) is 5.91 Å². The van der Waals surface area contributed by atoms with Gasteiger partial charge in [0.1, 0.15) is 0 Å². The number of carbonyl (C=O) groups excluding carboxylic acids is 1. The summed E-state index contributed by atoms with van der Waals surface area (Å²) < 4.78 is 1.85. The summed E-state index contributed by atoms with van der Waals surface area (Å²) in [6, 6.07) is 4.61. The van der Waals surface area contributed by atoms with Gasteiger partial charge in [-0.2, -0.15) is 5.10 Å². The van der Waals surface area contributed by atoms with E-state index in [1.807, 2.05) is 24.1 Å². The second-order valence-corrected chi connectivity index (χ2v) is 6.14. The van der Waals surface area contributed by atoms with E-state index in [-0.39, 0.29) is 5.91 Å². The van der Waals surface area contributed by atoms with Crippen LogP contribution in [0, 0.1) is 0 Å². The SMILES string of the molecule is CC(=O)NCc1cc(C2CCCN2Cc2cnn(C)c2)ccn1. The Balaban J connectivity index is 1.71. The van der Waals surface area contributed by atoms with E-state index in [0.717, 1.165) is 25.2 Å². The van der Waals surface area contributed by atoms with E-state index in [9.17, 15) is 4.79 Å². The molecule has 1 fully saturated rings. The first kappa shape index (κ1) is 15.7. The van der Waals surface area contributed by atoms with E-state index >= 15 is 0 Å². The van der Waals surface area contributed by atoms with E-state index in [0.29, 0.717) is 12.6 Å². The van der Waals surface area contributed by atoms with Crippen molar-refractivity contribution >= 4 is 5.91 Å². The molecule has 3 rings (SSSR count). The summed E-state index contributed by atoms with van der Waals surface area (Å²) in [5.41, 5.74) is 3.43. The Hall–Kier alpha value is -2.21. The lowest BCUT2D eigenvalue weighted by molar-refractivity contribution is -0.119. The van der Waals surface area contributed by atoms with Crippen molar-refractivity contribution in [1.29, 1.82) is 0 Å². The number of rotatable bonds is 5. The molecule has 0 aromatic carbocycles. The maximum atomic E-state index is 11.1. The molecule has 122 valence electrons. The molecule has 1 saturated heterocycles. The van der Waals surface area contributed by atoms with Gasteiger partial charge in [0.05, 0.1) is 18.4 Å². The van der Waals surface area contributed by atoms with Crippen molar-refractivity contribution in [2.75, 3.05) is 6.54 Å². The topological polar surface area (TPSA) is 63.1 Å². The third-order valence-electron chi connectivity index (χ3n) is 4.25. The minimum absolute atomic E-state index is 0.0312. The molecule has 6 heteroatoms. The largest absolute Gasteiger partial charge is 0.351 e. The van der Waals surface area contributed by atoms with Crippen molar-refractivity contribution < 1.29 is 4.79 Å². The van der Waals surface area contributed by atoms with Crippen LogP contribution >= 0.6 is 0 Å². The van der Waals surface area contributed by atoms with Crippen molar-refractivity contribution in [3.8, 4) is 0 Å². The molecule has 3 heterocycles. The maximum Gasteiger partial charge on any atom is 0.217 e. The number of hydrogen-bond donors (Lipinski definition) is 1. The van der Waals surface area contributed by atoms with E-state index < -0.39 is 0 Å². The number of aryl methyl sites for hydroxylation is 1. The zero-order valence-corrected chi connectivity index (χ0v) is 13.7. The number of nitrogens with zero attached hydrogens (tertiary/aromatic N) is 4. The standard InChI is InChI=1S/C17H23N5O/c1-13(23)19-10-16-8-15(5-6-18-16)17-4-3-7-22(17)12-14-9-20-21(2)11-14/h5-6,8-9,11,17H,3-4,7,10,12H2,1-2H3,(H,19,23). The molecule has 0 bridgehead atoms. The second kappa shape index (κ2) is 6.91. The highest BCUT2D eigenvalue weighted by atomic mass is 16.1. The number of nitrogens with one attached hydrogen (secondary N) is 1. The summed E-state index contributed by atoms with van der Waals surface area (Å²) >= 11 is 0. The Labute approximate surface area is 136 Å². The van der Waals surface area contributed by atoms with Crippen LogP contribution in [-0.4, -0.2) is 32.1 Å². The number of pyridine rings is 1. The molecular formula is C17H23N5O. The van der Waals surface area contributed by atoms with Crippen LogP contribution in [-0.2, 0) is 24.9 Å². The summed E-state index contributed by atoms with van der Waals surface area (Å²) in [6.45, 7) is 4.03. The van der Waals surface area contributed by atoms with Gasteiger partial charge >= 0.3 is 0 Å². The summed E-state index contributed by atoms with van der Waals surface area (Å²) in [5, 5.41) is 7.06. The van der Waals surface area contributed by atoms with E-state index in [2.05, 4.69) is 38.6 Å². The Morgan fingerprint density at radius 2 is 2.35 bits per heavy atom. The maximum absolute atomic E-state index is 11.1. The molecule has 2 aromatic rings. The number of likely N-dealkylation sites (tertiary alicyclic amines) is 1. The molecule has 1 atom stereocenters. The molecule has 0 radical (unpaired) electrons. The molecule has 1 aliphatic heterocycles. The highest BCUT2D eigenvalue weighted by Gasteiger charge is 2.26. The van der Waals surface area contributed by atoms with Gasteiger partial charge in [-0.25, -0.2) is 0 Å². The molecule has 1 amide bonds. The van der Waals surface area contributed by atoms with Gasteiger partial charge in [-0.05, 0) is 37.1 Å². The molecule has 1 unspecified atom stereocenters. The molecule has 1 N–H and O–H groups in total. The molecule has 0 aliphatic carbocycles. The van der Waals surface area contributed by atoms with Gasteiger partial charge in [0.25, 0.3) is 0 Å². The van der Waals surface area contributed by atoms with E-state index in [1.54, 1.807) is 0 Å². The average molecular weight is 313 g/mol.